The Morgan fingerprint density at radius 2 is 2.03 bits per heavy atom. The highest BCUT2D eigenvalue weighted by Crippen LogP contribution is 2.23. The lowest BCUT2D eigenvalue weighted by atomic mass is 10.1. The van der Waals surface area contributed by atoms with Gasteiger partial charge in [-0.05, 0) is 44.5 Å². The Kier molecular flexibility index (Phi) is 6.47. The van der Waals surface area contributed by atoms with Crippen LogP contribution in [0.15, 0.2) is 30.5 Å². The van der Waals surface area contributed by atoms with E-state index in [1.807, 2.05) is 32.9 Å². The monoisotopic (exact) mass is 393 g/mol. The minimum atomic E-state index is 0.408. The number of H-pyrrole nitrogens is 1. The first-order valence-corrected chi connectivity index (χ1v) is 9.25. The van der Waals surface area contributed by atoms with Crippen molar-refractivity contribution in [2.75, 3.05) is 30.4 Å². The number of nitrogens with zero attached hydrogens (tertiary/aromatic N) is 4. The average molecular weight is 393 g/mol. The van der Waals surface area contributed by atoms with E-state index in [0.29, 0.717) is 54.4 Å². The number of aromatic amines is 1. The van der Waals surface area contributed by atoms with Crippen molar-refractivity contribution < 1.29 is 9.47 Å². The van der Waals surface area contributed by atoms with E-state index in [0.717, 1.165) is 11.3 Å². The second kappa shape index (κ2) is 9.41. The van der Waals surface area contributed by atoms with Gasteiger partial charge in [0.05, 0.1) is 24.9 Å². The molecular formula is C20H23N7O2. The highest BCUT2D eigenvalue weighted by molar-refractivity contribution is 5.63. The maximum absolute atomic E-state index is 9.48. The number of ether oxygens (including phenoxy) is 2. The Balaban J connectivity index is 1.64. The van der Waals surface area contributed by atoms with E-state index in [1.165, 1.54) is 0 Å². The number of hydrogen-bond donors (Lipinski definition) is 3. The number of aryl methyl sites for hydroxylation is 2. The molecule has 3 heterocycles. The fourth-order valence-corrected chi connectivity index (χ4v) is 2.61. The molecule has 9 nitrogen and oxygen atoms in total. The highest BCUT2D eigenvalue weighted by Gasteiger charge is 2.11. The average Bonchev–Trinajstić information content (AvgIpc) is 3.13. The van der Waals surface area contributed by atoms with Gasteiger partial charge in [-0.15, -0.1) is 0 Å². The first-order chi connectivity index (χ1) is 14.1. The summed E-state index contributed by atoms with van der Waals surface area (Å²) in [6, 6.07) is 9.50. The number of pyridine rings is 2. The minimum Gasteiger partial charge on any atom is -0.490 e. The maximum atomic E-state index is 9.48. The summed E-state index contributed by atoms with van der Waals surface area (Å²) in [5.74, 6) is 2.90. The molecule has 9 heteroatoms. The lowest BCUT2D eigenvalue weighted by molar-refractivity contribution is 0.326. The van der Waals surface area contributed by atoms with Crippen molar-refractivity contribution in [2.45, 2.75) is 20.8 Å². The molecule has 0 saturated carbocycles. The first kappa shape index (κ1) is 19.9. The highest BCUT2D eigenvalue weighted by atomic mass is 16.5. The summed E-state index contributed by atoms with van der Waals surface area (Å²) in [6.45, 7) is 7.12. The van der Waals surface area contributed by atoms with Gasteiger partial charge in [0.15, 0.2) is 5.82 Å². The molecule has 0 aliphatic heterocycles. The predicted molar refractivity (Wildman–Crippen MR) is 110 cm³/mol. The lowest BCUT2D eigenvalue weighted by Crippen LogP contribution is -2.14. The van der Waals surface area contributed by atoms with Gasteiger partial charge < -0.3 is 20.1 Å². The summed E-state index contributed by atoms with van der Waals surface area (Å²) in [4.78, 5) is 8.70. The Morgan fingerprint density at radius 3 is 2.76 bits per heavy atom. The van der Waals surface area contributed by atoms with Gasteiger partial charge in [-0.25, -0.2) is 10.1 Å². The molecule has 0 unspecified atom stereocenters. The SMILES string of the molecule is CCOc1cc(Nc2cc(C)c(C#N)c(NCCOc3ccc(C)nc3)n2)n[nH]1. The molecule has 0 radical (unpaired) electrons. The molecule has 0 spiro atoms. The molecule has 29 heavy (non-hydrogen) atoms. The Labute approximate surface area is 169 Å². The molecule has 0 saturated heterocycles. The summed E-state index contributed by atoms with van der Waals surface area (Å²) in [5.41, 5.74) is 2.23. The molecule has 0 aliphatic carbocycles. The molecule has 3 rings (SSSR count). The Hall–Kier alpha value is -3.80. The van der Waals surface area contributed by atoms with Crippen LogP contribution in [0.4, 0.5) is 17.5 Å². The van der Waals surface area contributed by atoms with E-state index in [-0.39, 0.29) is 0 Å². The Morgan fingerprint density at radius 1 is 1.17 bits per heavy atom. The maximum Gasteiger partial charge on any atom is 0.211 e. The fourth-order valence-electron chi connectivity index (χ4n) is 2.61. The van der Waals surface area contributed by atoms with Gasteiger partial charge in [0.2, 0.25) is 5.88 Å². The molecule has 3 N–H and O–H groups in total. The van der Waals surface area contributed by atoms with Gasteiger partial charge in [-0.3, -0.25) is 4.98 Å². The quantitative estimate of drug-likeness (QED) is 0.474. The van der Waals surface area contributed by atoms with E-state index >= 15 is 0 Å². The third-order valence-electron chi connectivity index (χ3n) is 3.99. The van der Waals surface area contributed by atoms with Gasteiger partial charge in [0.1, 0.15) is 30.1 Å². The Bertz CT molecular complexity index is 993. The third-order valence-corrected chi connectivity index (χ3v) is 3.99. The second-order valence-electron chi connectivity index (χ2n) is 6.25. The first-order valence-electron chi connectivity index (χ1n) is 9.25. The van der Waals surface area contributed by atoms with Gasteiger partial charge in [0.25, 0.3) is 0 Å². The molecule has 3 aromatic heterocycles. The number of aromatic nitrogens is 4. The van der Waals surface area contributed by atoms with Crippen LogP contribution in [0.5, 0.6) is 11.6 Å². The molecule has 0 amide bonds. The number of nitrogens with one attached hydrogen (secondary N) is 3. The molecule has 0 fully saturated rings. The summed E-state index contributed by atoms with van der Waals surface area (Å²) < 4.78 is 11.0. The zero-order valence-corrected chi connectivity index (χ0v) is 16.6. The van der Waals surface area contributed by atoms with Crippen molar-refractivity contribution in [3.05, 3.63) is 47.3 Å². The summed E-state index contributed by atoms with van der Waals surface area (Å²) >= 11 is 0. The molecular weight excluding hydrogens is 370 g/mol. The smallest absolute Gasteiger partial charge is 0.211 e. The van der Waals surface area contributed by atoms with Crippen LogP contribution in [0.1, 0.15) is 23.7 Å². The molecule has 3 aromatic rings. The molecule has 0 bridgehead atoms. The molecule has 150 valence electrons. The molecule has 0 aliphatic rings. The van der Waals surface area contributed by atoms with Gasteiger partial charge in [-0.2, -0.15) is 10.4 Å². The van der Waals surface area contributed by atoms with Crippen LogP contribution < -0.4 is 20.1 Å². The van der Waals surface area contributed by atoms with Crippen LogP contribution in [-0.4, -0.2) is 39.9 Å². The van der Waals surface area contributed by atoms with Crippen LogP contribution in [0.3, 0.4) is 0 Å². The van der Waals surface area contributed by atoms with Gasteiger partial charge in [0, 0.05) is 11.8 Å². The van der Waals surface area contributed by atoms with Crippen molar-refractivity contribution in [3.8, 4) is 17.7 Å². The number of rotatable bonds is 9. The van der Waals surface area contributed by atoms with Crippen LogP contribution in [0.2, 0.25) is 0 Å². The zero-order valence-electron chi connectivity index (χ0n) is 16.6. The summed E-state index contributed by atoms with van der Waals surface area (Å²) in [6.07, 6.45) is 1.68. The van der Waals surface area contributed by atoms with E-state index in [9.17, 15) is 5.26 Å². The third kappa shape index (κ3) is 5.35. The van der Waals surface area contributed by atoms with Crippen molar-refractivity contribution in [1.82, 2.24) is 20.2 Å². The van der Waals surface area contributed by atoms with Crippen LogP contribution in [0.25, 0.3) is 0 Å². The van der Waals surface area contributed by atoms with E-state index < -0.39 is 0 Å². The summed E-state index contributed by atoms with van der Waals surface area (Å²) in [7, 11) is 0. The van der Waals surface area contributed by atoms with Crippen LogP contribution >= 0.6 is 0 Å². The van der Waals surface area contributed by atoms with Crippen LogP contribution in [-0.2, 0) is 0 Å². The van der Waals surface area contributed by atoms with Gasteiger partial charge in [-0.1, -0.05) is 0 Å². The summed E-state index contributed by atoms with van der Waals surface area (Å²) in [5, 5.41) is 22.7. The number of nitriles is 1. The van der Waals surface area contributed by atoms with E-state index in [4.69, 9.17) is 9.47 Å². The number of anilines is 3. The normalized spacial score (nSPS) is 10.3. The van der Waals surface area contributed by atoms with Crippen molar-refractivity contribution in [2.24, 2.45) is 0 Å². The van der Waals surface area contributed by atoms with Crippen LogP contribution in [0, 0.1) is 25.2 Å². The van der Waals surface area contributed by atoms with E-state index in [2.05, 4.69) is 36.9 Å². The minimum absolute atomic E-state index is 0.408. The fraction of sp³-hybridized carbons (Fsp3) is 0.300. The largest absolute Gasteiger partial charge is 0.490 e. The van der Waals surface area contributed by atoms with E-state index in [1.54, 1.807) is 18.3 Å². The van der Waals surface area contributed by atoms with Crippen molar-refractivity contribution in [3.63, 3.8) is 0 Å². The second-order valence-corrected chi connectivity index (χ2v) is 6.25. The predicted octanol–water partition coefficient (Wildman–Crippen LogP) is 3.32. The number of hydrogen-bond acceptors (Lipinski definition) is 8. The standard InChI is InChI=1S/C20H23N7O2/c1-4-28-19-10-18(26-27-19)24-17-9-13(2)16(11-21)20(25-17)22-7-8-29-15-6-5-14(3)23-12-15/h5-6,9-10,12H,4,7-8H2,1-3H3,(H3,22,24,25,26,27). The van der Waals surface area contributed by atoms with Crippen molar-refractivity contribution in [1.29, 1.82) is 5.26 Å². The van der Waals surface area contributed by atoms with Crippen molar-refractivity contribution >= 4 is 17.5 Å². The molecule has 0 atom stereocenters. The lowest BCUT2D eigenvalue weighted by Gasteiger charge is -2.12. The molecule has 0 aromatic carbocycles. The topological polar surface area (TPSA) is 121 Å². The zero-order chi connectivity index (χ0) is 20.6. The van der Waals surface area contributed by atoms with Gasteiger partial charge >= 0.3 is 0 Å².